The van der Waals surface area contributed by atoms with Crippen molar-refractivity contribution < 1.29 is 0 Å². The van der Waals surface area contributed by atoms with Crippen LogP contribution < -0.4 is 5.32 Å². The molecule has 14 heavy (non-hydrogen) atoms. The minimum atomic E-state index is 0.0813. The van der Waals surface area contributed by atoms with Gasteiger partial charge < -0.3 is 5.32 Å². The normalized spacial score (nSPS) is 16.8. The molecule has 0 unspecified atom stereocenters. The Labute approximate surface area is 88.9 Å². The van der Waals surface area contributed by atoms with Gasteiger partial charge in [0, 0.05) is 5.54 Å². The highest BCUT2D eigenvalue weighted by molar-refractivity contribution is 6.32. The molecule has 1 saturated carbocycles. The molecule has 0 bridgehead atoms. The molecule has 0 aliphatic heterocycles. The summed E-state index contributed by atoms with van der Waals surface area (Å²) in [5.74, 6) is 1.48. The van der Waals surface area contributed by atoms with Gasteiger partial charge in [-0.3, -0.25) is 0 Å². The molecule has 1 aliphatic carbocycles. The smallest absolute Gasteiger partial charge is 0.148 e. The van der Waals surface area contributed by atoms with Gasteiger partial charge in [0.25, 0.3) is 0 Å². The maximum atomic E-state index is 5.97. The molecule has 1 fully saturated rings. The molecular weight excluding hydrogens is 198 g/mol. The largest absolute Gasteiger partial charge is 0.364 e. The summed E-state index contributed by atoms with van der Waals surface area (Å²) in [6.45, 7) is 4.37. The van der Waals surface area contributed by atoms with Crippen LogP contribution >= 0.6 is 11.6 Å². The number of halogens is 1. The van der Waals surface area contributed by atoms with Gasteiger partial charge >= 0.3 is 0 Å². The maximum Gasteiger partial charge on any atom is 0.148 e. The van der Waals surface area contributed by atoms with E-state index in [1.54, 1.807) is 6.20 Å². The minimum Gasteiger partial charge on any atom is -0.364 e. The Kier molecular flexibility index (Phi) is 2.35. The maximum absolute atomic E-state index is 5.97. The summed E-state index contributed by atoms with van der Waals surface area (Å²) in [5.41, 5.74) is 0.0813. The average Bonchev–Trinajstić information content (AvgIpc) is 2.91. The van der Waals surface area contributed by atoms with E-state index in [2.05, 4.69) is 29.1 Å². The standard InChI is InChI=1S/C10H14ClN3/c1-10(2,7-3-4-7)14-9-8(11)5-12-6-13-9/h5-7H,3-4H2,1-2H3,(H,12,13,14). The van der Waals surface area contributed by atoms with Crippen LogP contribution in [-0.2, 0) is 0 Å². The van der Waals surface area contributed by atoms with Crippen LogP contribution in [0.4, 0.5) is 5.82 Å². The highest BCUT2D eigenvalue weighted by Gasteiger charge is 2.38. The zero-order valence-electron chi connectivity index (χ0n) is 8.42. The fourth-order valence-electron chi connectivity index (χ4n) is 1.62. The van der Waals surface area contributed by atoms with Crippen molar-refractivity contribution in [2.75, 3.05) is 5.32 Å². The molecule has 4 heteroatoms. The van der Waals surface area contributed by atoms with E-state index in [0.29, 0.717) is 5.02 Å². The third-order valence-corrected chi connectivity index (χ3v) is 2.98. The number of hydrogen-bond donors (Lipinski definition) is 1. The number of rotatable bonds is 3. The molecule has 0 saturated heterocycles. The lowest BCUT2D eigenvalue weighted by Crippen LogP contribution is -2.33. The lowest BCUT2D eigenvalue weighted by atomic mass is 9.99. The first-order chi connectivity index (χ1) is 6.59. The van der Waals surface area contributed by atoms with E-state index >= 15 is 0 Å². The van der Waals surface area contributed by atoms with Crippen molar-refractivity contribution in [1.29, 1.82) is 0 Å². The molecule has 0 spiro atoms. The Hall–Kier alpha value is -0.830. The molecule has 1 aromatic heterocycles. The SMILES string of the molecule is CC(C)(Nc1ncncc1Cl)C1CC1. The molecule has 1 N–H and O–H groups in total. The first-order valence-corrected chi connectivity index (χ1v) is 5.21. The van der Waals surface area contributed by atoms with Gasteiger partial charge in [-0.05, 0) is 32.6 Å². The number of anilines is 1. The monoisotopic (exact) mass is 211 g/mol. The van der Waals surface area contributed by atoms with Crippen molar-refractivity contribution >= 4 is 17.4 Å². The van der Waals surface area contributed by atoms with Gasteiger partial charge in [0.15, 0.2) is 0 Å². The third-order valence-electron chi connectivity index (χ3n) is 2.71. The Bertz CT molecular complexity index is 334. The second-order valence-electron chi connectivity index (χ2n) is 4.34. The van der Waals surface area contributed by atoms with E-state index < -0.39 is 0 Å². The third kappa shape index (κ3) is 1.98. The fraction of sp³-hybridized carbons (Fsp3) is 0.600. The zero-order valence-corrected chi connectivity index (χ0v) is 9.17. The van der Waals surface area contributed by atoms with Gasteiger partial charge in [-0.1, -0.05) is 11.6 Å². The molecule has 1 heterocycles. The van der Waals surface area contributed by atoms with Crippen LogP contribution in [0, 0.1) is 5.92 Å². The van der Waals surface area contributed by atoms with Crippen LogP contribution in [-0.4, -0.2) is 15.5 Å². The number of hydrogen-bond acceptors (Lipinski definition) is 3. The quantitative estimate of drug-likeness (QED) is 0.836. The van der Waals surface area contributed by atoms with Gasteiger partial charge in [-0.15, -0.1) is 0 Å². The molecule has 1 aliphatic rings. The average molecular weight is 212 g/mol. The van der Waals surface area contributed by atoms with Crippen LogP contribution in [0.15, 0.2) is 12.5 Å². The predicted molar refractivity (Wildman–Crippen MR) is 57.5 cm³/mol. The van der Waals surface area contributed by atoms with E-state index in [9.17, 15) is 0 Å². The van der Waals surface area contributed by atoms with Gasteiger partial charge in [0.2, 0.25) is 0 Å². The van der Waals surface area contributed by atoms with Crippen LogP contribution in [0.1, 0.15) is 26.7 Å². The summed E-state index contributed by atoms with van der Waals surface area (Å²) in [4.78, 5) is 7.97. The second-order valence-corrected chi connectivity index (χ2v) is 4.75. The summed E-state index contributed by atoms with van der Waals surface area (Å²) >= 11 is 5.97. The van der Waals surface area contributed by atoms with E-state index in [-0.39, 0.29) is 5.54 Å². The van der Waals surface area contributed by atoms with E-state index in [1.807, 2.05) is 0 Å². The molecule has 2 rings (SSSR count). The molecule has 0 amide bonds. The van der Waals surface area contributed by atoms with Crippen LogP contribution in [0.25, 0.3) is 0 Å². The van der Waals surface area contributed by atoms with Gasteiger partial charge in [-0.2, -0.15) is 0 Å². The lowest BCUT2D eigenvalue weighted by molar-refractivity contribution is 0.492. The topological polar surface area (TPSA) is 37.8 Å². The van der Waals surface area contributed by atoms with Crippen molar-refractivity contribution in [2.45, 2.75) is 32.2 Å². The molecule has 1 aromatic rings. The van der Waals surface area contributed by atoms with E-state index in [1.165, 1.54) is 19.2 Å². The summed E-state index contributed by atoms with van der Waals surface area (Å²) in [6, 6.07) is 0. The van der Waals surface area contributed by atoms with Crippen LogP contribution in [0.5, 0.6) is 0 Å². The van der Waals surface area contributed by atoms with Gasteiger partial charge in [0.05, 0.1) is 6.20 Å². The van der Waals surface area contributed by atoms with Crippen molar-refractivity contribution in [3.8, 4) is 0 Å². The Morgan fingerprint density at radius 1 is 1.50 bits per heavy atom. The molecule has 0 aromatic carbocycles. The molecule has 0 radical (unpaired) electrons. The van der Waals surface area contributed by atoms with Crippen molar-refractivity contribution in [2.24, 2.45) is 5.92 Å². The number of aromatic nitrogens is 2. The zero-order chi connectivity index (χ0) is 10.2. The molecular formula is C10H14ClN3. The Morgan fingerprint density at radius 3 is 2.79 bits per heavy atom. The van der Waals surface area contributed by atoms with E-state index in [0.717, 1.165) is 11.7 Å². The lowest BCUT2D eigenvalue weighted by Gasteiger charge is -2.27. The first-order valence-electron chi connectivity index (χ1n) is 4.83. The highest BCUT2D eigenvalue weighted by atomic mass is 35.5. The summed E-state index contributed by atoms with van der Waals surface area (Å²) in [7, 11) is 0. The fourth-order valence-corrected chi connectivity index (χ4v) is 1.77. The molecule has 3 nitrogen and oxygen atoms in total. The minimum absolute atomic E-state index is 0.0813. The van der Waals surface area contributed by atoms with Crippen LogP contribution in [0.2, 0.25) is 5.02 Å². The highest BCUT2D eigenvalue weighted by Crippen LogP contribution is 2.41. The first kappa shape index (κ1) is 9.71. The summed E-state index contributed by atoms with van der Waals surface area (Å²) in [5, 5.41) is 3.95. The van der Waals surface area contributed by atoms with Crippen molar-refractivity contribution in [3.63, 3.8) is 0 Å². The number of nitrogens with one attached hydrogen (secondary N) is 1. The second kappa shape index (κ2) is 3.39. The number of nitrogens with zero attached hydrogens (tertiary/aromatic N) is 2. The van der Waals surface area contributed by atoms with Gasteiger partial charge in [0.1, 0.15) is 17.2 Å². The van der Waals surface area contributed by atoms with Gasteiger partial charge in [-0.25, -0.2) is 9.97 Å². The molecule has 0 atom stereocenters. The summed E-state index contributed by atoms with van der Waals surface area (Å²) in [6.07, 6.45) is 5.71. The molecule has 76 valence electrons. The van der Waals surface area contributed by atoms with Crippen molar-refractivity contribution in [3.05, 3.63) is 17.5 Å². The van der Waals surface area contributed by atoms with E-state index in [4.69, 9.17) is 11.6 Å². The predicted octanol–water partition coefficient (Wildman–Crippen LogP) is 2.73. The summed E-state index contributed by atoms with van der Waals surface area (Å²) < 4.78 is 0. The van der Waals surface area contributed by atoms with Crippen LogP contribution in [0.3, 0.4) is 0 Å². The van der Waals surface area contributed by atoms with Crippen molar-refractivity contribution in [1.82, 2.24) is 9.97 Å². The Balaban J connectivity index is 2.13. The Morgan fingerprint density at radius 2 is 2.21 bits per heavy atom.